The van der Waals surface area contributed by atoms with E-state index in [-0.39, 0.29) is 11.3 Å². The van der Waals surface area contributed by atoms with Gasteiger partial charge in [-0.05, 0) is 24.3 Å². The van der Waals surface area contributed by atoms with E-state index in [0.717, 1.165) is 6.08 Å². The quantitative estimate of drug-likeness (QED) is 0.867. The number of carbonyl (C=O) groups is 1. The summed E-state index contributed by atoms with van der Waals surface area (Å²) in [6.07, 6.45) is 2.03. The first kappa shape index (κ1) is 12.6. The molecular formula is C10H7BrF2O3. The Balaban J connectivity index is 3.03. The number of ether oxygens (including phenoxy) is 1. The number of halogens is 3. The van der Waals surface area contributed by atoms with Crippen molar-refractivity contribution in [1.29, 1.82) is 0 Å². The third kappa shape index (κ3) is 3.98. The molecule has 86 valence electrons. The molecule has 0 fully saturated rings. The first-order valence-electron chi connectivity index (χ1n) is 4.14. The molecule has 1 N–H and O–H groups in total. The van der Waals surface area contributed by atoms with Gasteiger partial charge in [0.15, 0.2) is 0 Å². The van der Waals surface area contributed by atoms with Crippen molar-refractivity contribution in [2.75, 3.05) is 0 Å². The zero-order valence-electron chi connectivity index (χ0n) is 7.86. The molecule has 0 aliphatic heterocycles. The van der Waals surface area contributed by atoms with E-state index in [4.69, 9.17) is 5.11 Å². The van der Waals surface area contributed by atoms with Gasteiger partial charge in [-0.1, -0.05) is 15.9 Å². The average molecular weight is 293 g/mol. The van der Waals surface area contributed by atoms with Crippen molar-refractivity contribution in [3.8, 4) is 5.75 Å². The summed E-state index contributed by atoms with van der Waals surface area (Å²) in [7, 11) is 0. The summed E-state index contributed by atoms with van der Waals surface area (Å²) in [6.45, 7) is -2.95. The molecule has 1 rings (SSSR count). The molecule has 0 aliphatic rings. The van der Waals surface area contributed by atoms with Gasteiger partial charge in [-0.15, -0.1) is 0 Å². The molecule has 0 bridgehead atoms. The molecule has 0 radical (unpaired) electrons. The molecule has 1 aromatic rings. The topological polar surface area (TPSA) is 46.5 Å². The first-order valence-corrected chi connectivity index (χ1v) is 4.93. The summed E-state index contributed by atoms with van der Waals surface area (Å²) >= 11 is 3.15. The molecule has 0 saturated heterocycles. The Kier molecular flexibility index (Phi) is 4.42. The van der Waals surface area contributed by atoms with E-state index in [0.29, 0.717) is 4.47 Å². The first-order chi connectivity index (χ1) is 7.49. The molecule has 0 atom stereocenters. The molecule has 3 nitrogen and oxygen atoms in total. The second-order valence-electron chi connectivity index (χ2n) is 2.73. The molecule has 0 saturated carbocycles. The van der Waals surface area contributed by atoms with Gasteiger partial charge in [0.2, 0.25) is 0 Å². The van der Waals surface area contributed by atoms with Gasteiger partial charge >= 0.3 is 12.6 Å². The lowest BCUT2D eigenvalue weighted by Gasteiger charge is -2.07. The number of carboxylic acids is 1. The van der Waals surface area contributed by atoms with Crippen molar-refractivity contribution in [1.82, 2.24) is 0 Å². The van der Waals surface area contributed by atoms with E-state index in [1.54, 1.807) is 0 Å². The largest absolute Gasteiger partial charge is 0.478 e. The smallest absolute Gasteiger partial charge is 0.387 e. The van der Waals surface area contributed by atoms with Crippen LogP contribution in [0.1, 0.15) is 5.56 Å². The van der Waals surface area contributed by atoms with Crippen LogP contribution in [0, 0.1) is 0 Å². The maximum absolute atomic E-state index is 12.0. The summed E-state index contributed by atoms with van der Waals surface area (Å²) in [5.74, 6) is -1.24. The molecular weight excluding hydrogens is 286 g/mol. The summed E-state index contributed by atoms with van der Waals surface area (Å²) < 4.78 is 28.9. The Morgan fingerprint density at radius 3 is 2.75 bits per heavy atom. The van der Waals surface area contributed by atoms with E-state index < -0.39 is 12.6 Å². The van der Waals surface area contributed by atoms with Crippen LogP contribution in [-0.4, -0.2) is 17.7 Å². The number of benzene rings is 1. The SMILES string of the molecule is O=C(O)/C=C\c1cc(Br)ccc1OC(F)F. The minimum Gasteiger partial charge on any atom is -0.478 e. The van der Waals surface area contributed by atoms with Crippen LogP contribution in [0.2, 0.25) is 0 Å². The van der Waals surface area contributed by atoms with Gasteiger partial charge in [0.05, 0.1) is 0 Å². The summed E-state index contributed by atoms with van der Waals surface area (Å²) in [4.78, 5) is 10.3. The second kappa shape index (κ2) is 5.60. The van der Waals surface area contributed by atoms with Crippen molar-refractivity contribution >= 4 is 28.0 Å². The van der Waals surface area contributed by atoms with E-state index in [1.165, 1.54) is 24.3 Å². The number of hydrogen-bond acceptors (Lipinski definition) is 2. The lowest BCUT2D eigenvalue weighted by atomic mass is 10.2. The van der Waals surface area contributed by atoms with Gasteiger partial charge < -0.3 is 9.84 Å². The van der Waals surface area contributed by atoms with Crippen LogP contribution >= 0.6 is 15.9 Å². The highest BCUT2D eigenvalue weighted by molar-refractivity contribution is 9.10. The van der Waals surface area contributed by atoms with Crippen LogP contribution in [0.25, 0.3) is 6.08 Å². The van der Waals surface area contributed by atoms with Crippen molar-refractivity contribution in [2.24, 2.45) is 0 Å². The fraction of sp³-hybridized carbons (Fsp3) is 0.100. The van der Waals surface area contributed by atoms with E-state index in [2.05, 4.69) is 20.7 Å². The Hall–Kier alpha value is -1.43. The lowest BCUT2D eigenvalue weighted by molar-refractivity contribution is -0.131. The highest BCUT2D eigenvalue weighted by atomic mass is 79.9. The van der Waals surface area contributed by atoms with Crippen molar-refractivity contribution in [3.05, 3.63) is 34.3 Å². The lowest BCUT2D eigenvalue weighted by Crippen LogP contribution is -2.03. The van der Waals surface area contributed by atoms with Gasteiger partial charge in [-0.3, -0.25) is 0 Å². The van der Waals surface area contributed by atoms with Crippen LogP contribution in [0.5, 0.6) is 5.75 Å². The fourth-order valence-corrected chi connectivity index (χ4v) is 1.39. The third-order valence-corrected chi connectivity index (χ3v) is 2.09. The van der Waals surface area contributed by atoms with Crippen molar-refractivity contribution in [2.45, 2.75) is 6.61 Å². The zero-order chi connectivity index (χ0) is 12.1. The predicted octanol–water partition coefficient (Wildman–Crippen LogP) is 3.15. The fourth-order valence-electron chi connectivity index (χ4n) is 1.01. The number of hydrogen-bond donors (Lipinski definition) is 1. The van der Waals surface area contributed by atoms with Gasteiger partial charge in [-0.25, -0.2) is 4.79 Å². The van der Waals surface area contributed by atoms with Crippen LogP contribution in [-0.2, 0) is 4.79 Å². The predicted molar refractivity (Wildman–Crippen MR) is 57.4 cm³/mol. The van der Waals surface area contributed by atoms with Crippen LogP contribution in [0.4, 0.5) is 8.78 Å². The molecule has 0 heterocycles. The van der Waals surface area contributed by atoms with E-state index in [9.17, 15) is 13.6 Å². The summed E-state index contributed by atoms with van der Waals surface area (Å²) in [5, 5.41) is 8.43. The zero-order valence-corrected chi connectivity index (χ0v) is 9.45. The Morgan fingerprint density at radius 1 is 1.50 bits per heavy atom. The maximum Gasteiger partial charge on any atom is 0.387 e. The Morgan fingerprint density at radius 2 is 2.19 bits per heavy atom. The highest BCUT2D eigenvalue weighted by Crippen LogP contribution is 2.25. The Bertz CT molecular complexity index is 419. The Labute approximate surface area is 98.5 Å². The molecule has 6 heteroatoms. The van der Waals surface area contributed by atoms with Gasteiger partial charge in [0.1, 0.15) is 5.75 Å². The minimum absolute atomic E-state index is 0.0734. The molecule has 0 unspecified atom stereocenters. The third-order valence-electron chi connectivity index (χ3n) is 1.59. The van der Waals surface area contributed by atoms with Crippen LogP contribution < -0.4 is 4.74 Å². The number of alkyl halides is 2. The summed E-state index contributed by atoms with van der Waals surface area (Å²) in [5.41, 5.74) is 0.261. The monoisotopic (exact) mass is 292 g/mol. The molecule has 0 spiro atoms. The van der Waals surface area contributed by atoms with Crippen molar-refractivity contribution < 1.29 is 23.4 Å². The molecule has 1 aromatic carbocycles. The average Bonchev–Trinajstić information content (AvgIpc) is 2.17. The number of carboxylic acid groups (broad SMARTS) is 1. The number of rotatable bonds is 4. The summed E-state index contributed by atoms with van der Waals surface area (Å²) in [6, 6.07) is 4.34. The van der Waals surface area contributed by atoms with Gasteiger partial charge in [0, 0.05) is 16.1 Å². The van der Waals surface area contributed by atoms with Crippen LogP contribution in [0.3, 0.4) is 0 Å². The standard InChI is InChI=1S/C10H7BrF2O3/c11-7-2-3-8(16-10(12)13)6(5-7)1-4-9(14)15/h1-5,10H,(H,14,15)/b4-1-. The molecule has 16 heavy (non-hydrogen) atoms. The molecule has 0 aromatic heterocycles. The van der Waals surface area contributed by atoms with E-state index >= 15 is 0 Å². The second-order valence-corrected chi connectivity index (χ2v) is 3.65. The minimum atomic E-state index is -2.95. The molecule has 0 amide bonds. The van der Waals surface area contributed by atoms with Gasteiger partial charge in [-0.2, -0.15) is 8.78 Å². The van der Waals surface area contributed by atoms with Crippen LogP contribution in [0.15, 0.2) is 28.7 Å². The molecule has 0 aliphatic carbocycles. The maximum atomic E-state index is 12.0. The van der Waals surface area contributed by atoms with E-state index in [1.807, 2.05) is 0 Å². The van der Waals surface area contributed by atoms with Crippen molar-refractivity contribution in [3.63, 3.8) is 0 Å². The normalized spacial score (nSPS) is 11.0. The number of aliphatic carboxylic acids is 1. The van der Waals surface area contributed by atoms with Gasteiger partial charge in [0.25, 0.3) is 0 Å². The highest BCUT2D eigenvalue weighted by Gasteiger charge is 2.08.